The monoisotopic (exact) mass is 381 g/mol. The Morgan fingerprint density at radius 3 is 2.50 bits per heavy atom. The van der Waals surface area contributed by atoms with Crippen LogP contribution in [0.5, 0.6) is 0 Å². The summed E-state index contributed by atoms with van der Waals surface area (Å²) in [7, 11) is -3.70. The quantitative estimate of drug-likeness (QED) is 0.853. The molecular formula is C17H23N3O5S. The molecule has 1 saturated heterocycles. The van der Waals surface area contributed by atoms with Crippen LogP contribution in [-0.2, 0) is 25.0 Å². The van der Waals surface area contributed by atoms with Gasteiger partial charge in [-0.3, -0.25) is 4.79 Å². The number of hydrogen-bond donors (Lipinski definition) is 1. The van der Waals surface area contributed by atoms with E-state index in [0.29, 0.717) is 11.3 Å². The number of fused-ring (bicyclic) bond motifs is 1. The summed E-state index contributed by atoms with van der Waals surface area (Å²) in [5.74, 6) is -0.148. The number of nitrogens with zero attached hydrogens (tertiary/aromatic N) is 2. The number of anilines is 1. The molecule has 8 nitrogen and oxygen atoms in total. The van der Waals surface area contributed by atoms with Gasteiger partial charge in [0.15, 0.2) is 0 Å². The van der Waals surface area contributed by atoms with Crippen molar-refractivity contribution < 1.29 is 22.7 Å². The van der Waals surface area contributed by atoms with Crippen LogP contribution in [0, 0.1) is 0 Å². The molecular weight excluding hydrogens is 358 g/mol. The normalized spacial score (nSPS) is 19.8. The molecule has 9 heteroatoms. The zero-order valence-corrected chi connectivity index (χ0v) is 15.9. The van der Waals surface area contributed by atoms with E-state index >= 15 is 0 Å². The number of nitrogens with one attached hydrogen (secondary N) is 1. The highest BCUT2D eigenvalue weighted by Gasteiger charge is 2.40. The molecule has 0 aliphatic carbocycles. The highest BCUT2D eigenvalue weighted by Crippen LogP contribution is 2.38. The zero-order chi connectivity index (χ0) is 19.1. The number of carbonyl (C=O) groups is 2. The standard InChI is InChI=1S/C17H23N3O5S/c1-4-25-16(22)19-7-9-20(10-8-19)26(23,24)12-5-6-14-13(11-12)17(2,3)15(21)18-14/h5-6,11H,4,7-10H2,1-3H3,(H,18,21). The molecule has 0 saturated carbocycles. The summed E-state index contributed by atoms with van der Waals surface area (Å²) in [6.07, 6.45) is -0.423. The molecule has 2 aliphatic heterocycles. The summed E-state index contributed by atoms with van der Waals surface area (Å²) >= 11 is 0. The Hall–Kier alpha value is -2.13. The number of hydrogen-bond acceptors (Lipinski definition) is 5. The summed E-state index contributed by atoms with van der Waals surface area (Å²) in [4.78, 5) is 25.5. The third-order valence-corrected chi connectivity index (χ3v) is 6.78. The summed E-state index contributed by atoms with van der Waals surface area (Å²) in [6, 6.07) is 4.71. The number of amides is 2. The van der Waals surface area contributed by atoms with Crippen LogP contribution in [0.1, 0.15) is 26.3 Å². The Kier molecular flexibility index (Phi) is 4.70. The van der Waals surface area contributed by atoms with E-state index in [9.17, 15) is 18.0 Å². The van der Waals surface area contributed by atoms with Crippen molar-refractivity contribution in [3.63, 3.8) is 0 Å². The molecule has 1 N–H and O–H groups in total. The van der Waals surface area contributed by atoms with Crippen molar-refractivity contribution in [3.8, 4) is 0 Å². The minimum absolute atomic E-state index is 0.148. The Labute approximate surface area is 153 Å². The van der Waals surface area contributed by atoms with Crippen molar-refractivity contribution in [3.05, 3.63) is 23.8 Å². The Morgan fingerprint density at radius 1 is 1.23 bits per heavy atom. The Bertz CT molecular complexity index is 842. The summed E-state index contributed by atoms with van der Waals surface area (Å²) in [5, 5.41) is 2.77. The fourth-order valence-electron chi connectivity index (χ4n) is 3.19. The maximum atomic E-state index is 13.0. The first-order valence-electron chi connectivity index (χ1n) is 8.55. The topological polar surface area (TPSA) is 96.0 Å². The van der Waals surface area contributed by atoms with Crippen molar-refractivity contribution in [2.45, 2.75) is 31.1 Å². The Morgan fingerprint density at radius 2 is 1.88 bits per heavy atom. The van der Waals surface area contributed by atoms with Gasteiger partial charge in [0.25, 0.3) is 0 Å². The van der Waals surface area contributed by atoms with Crippen LogP contribution in [0.3, 0.4) is 0 Å². The van der Waals surface area contributed by atoms with Crippen LogP contribution in [0.25, 0.3) is 0 Å². The van der Waals surface area contributed by atoms with Gasteiger partial charge in [0, 0.05) is 31.9 Å². The van der Waals surface area contributed by atoms with E-state index in [1.807, 2.05) is 0 Å². The minimum atomic E-state index is -3.70. The van der Waals surface area contributed by atoms with Crippen molar-refractivity contribution in [1.82, 2.24) is 9.21 Å². The molecule has 142 valence electrons. The Balaban J connectivity index is 1.80. The average Bonchev–Trinajstić information content (AvgIpc) is 2.84. The highest BCUT2D eigenvalue weighted by molar-refractivity contribution is 7.89. The first-order valence-corrected chi connectivity index (χ1v) is 9.99. The molecule has 2 heterocycles. The average molecular weight is 381 g/mol. The zero-order valence-electron chi connectivity index (χ0n) is 15.1. The van der Waals surface area contributed by atoms with Crippen LogP contribution in [-0.4, -0.2) is 62.4 Å². The maximum Gasteiger partial charge on any atom is 0.409 e. The maximum absolute atomic E-state index is 13.0. The predicted molar refractivity (Wildman–Crippen MR) is 95.5 cm³/mol. The fraction of sp³-hybridized carbons (Fsp3) is 0.529. The van der Waals surface area contributed by atoms with E-state index in [-0.39, 0.29) is 43.6 Å². The summed E-state index contributed by atoms with van der Waals surface area (Å²) < 4.78 is 32.2. The number of piperazine rings is 1. The van der Waals surface area contributed by atoms with Gasteiger partial charge < -0.3 is 15.0 Å². The number of rotatable bonds is 3. The molecule has 0 bridgehead atoms. The van der Waals surface area contributed by atoms with Gasteiger partial charge in [-0.25, -0.2) is 13.2 Å². The van der Waals surface area contributed by atoms with E-state index in [0.717, 1.165) is 0 Å². The molecule has 2 amide bonds. The van der Waals surface area contributed by atoms with Gasteiger partial charge >= 0.3 is 6.09 Å². The van der Waals surface area contributed by atoms with Crippen molar-refractivity contribution in [2.24, 2.45) is 0 Å². The van der Waals surface area contributed by atoms with E-state index in [1.54, 1.807) is 32.9 Å². The number of ether oxygens (including phenoxy) is 1. The van der Waals surface area contributed by atoms with Crippen molar-refractivity contribution in [2.75, 3.05) is 38.1 Å². The molecule has 0 spiro atoms. The first kappa shape index (κ1) is 18.7. The SMILES string of the molecule is CCOC(=O)N1CCN(S(=O)(=O)c2ccc3c(c2)C(C)(C)C(=O)N3)CC1. The second kappa shape index (κ2) is 6.55. The van der Waals surface area contributed by atoms with Gasteiger partial charge in [0.05, 0.1) is 16.9 Å². The lowest BCUT2D eigenvalue weighted by atomic mass is 9.86. The predicted octanol–water partition coefficient (Wildman–Crippen LogP) is 1.38. The van der Waals surface area contributed by atoms with E-state index in [1.165, 1.54) is 15.3 Å². The van der Waals surface area contributed by atoms with E-state index in [4.69, 9.17) is 4.74 Å². The highest BCUT2D eigenvalue weighted by atomic mass is 32.2. The summed E-state index contributed by atoms with van der Waals surface area (Å²) in [5.41, 5.74) is 0.545. The molecule has 2 aliphatic rings. The molecule has 0 unspecified atom stereocenters. The van der Waals surface area contributed by atoms with Gasteiger partial charge in [-0.15, -0.1) is 0 Å². The van der Waals surface area contributed by atoms with Crippen molar-refractivity contribution in [1.29, 1.82) is 0 Å². The molecule has 1 aromatic carbocycles. The van der Waals surface area contributed by atoms with Crippen molar-refractivity contribution >= 4 is 27.7 Å². The fourth-order valence-corrected chi connectivity index (χ4v) is 4.63. The van der Waals surface area contributed by atoms with E-state index in [2.05, 4.69) is 5.32 Å². The molecule has 1 fully saturated rings. The molecule has 26 heavy (non-hydrogen) atoms. The number of carbonyl (C=O) groups excluding carboxylic acids is 2. The van der Waals surface area contributed by atoms with Gasteiger partial charge in [0.1, 0.15) is 0 Å². The smallest absolute Gasteiger partial charge is 0.409 e. The van der Waals surface area contributed by atoms with Crippen LogP contribution >= 0.6 is 0 Å². The van der Waals surface area contributed by atoms with Crippen LogP contribution in [0.2, 0.25) is 0 Å². The van der Waals surface area contributed by atoms with Gasteiger partial charge in [0.2, 0.25) is 15.9 Å². The van der Waals surface area contributed by atoms with Crippen LogP contribution in [0.4, 0.5) is 10.5 Å². The van der Waals surface area contributed by atoms with Gasteiger partial charge in [-0.2, -0.15) is 4.31 Å². The first-order chi connectivity index (χ1) is 12.2. The summed E-state index contributed by atoms with van der Waals surface area (Å²) in [6.45, 7) is 6.54. The van der Waals surface area contributed by atoms with E-state index < -0.39 is 21.5 Å². The third kappa shape index (κ3) is 3.05. The molecule has 3 rings (SSSR count). The van der Waals surface area contributed by atoms with Crippen LogP contribution < -0.4 is 5.32 Å². The minimum Gasteiger partial charge on any atom is -0.450 e. The third-order valence-electron chi connectivity index (χ3n) is 4.88. The molecule has 0 aromatic heterocycles. The number of sulfonamides is 1. The van der Waals surface area contributed by atoms with Gasteiger partial charge in [-0.1, -0.05) is 0 Å². The second-order valence-corrected chi connectivity index (χ2v) is 8.81. The second-order valence-electron chi connectivity index (χ2n) is 6.88. The van der Waals surface area contributed by atoms with Gasteiger partial charge in [-0.05, 0) is 44.5 Å². The largest absolute Gasteiger partial charge is 0.450 e. The lowest BCUT2D eigenvalue weighted by Crippen LogP contribution is -2.50. The molecule has 1 aromatic rings. The lowest BCUT2D eigenvalue weighted by Gasteiger charge is -2.33. The van der Waals surface area contributed by atoms with Crippen LogP contribution in [0.15, 0.2) is 23.1 Å². The lowest BCUT2D eigenvalue weighted by molar-refractivity contribution is -0.119. The molecule has 0 atom stereocenters. The number of benzene rings is 1. The molecule has 0 radical (unpaired) electrons.